The molecule has 2 aromatic carbocycles. The molecule has 0 fully saturated rings. The Labute approximate surface area is 236 Å². The Balaban J connectivity index is 2.46. The molecule has 7 nitrogen and oxygen atoms in total. The Kier molecular flexibility index (Phi) is 11.0. The number of carbonyl (C=O) groups is 2. The second-order valence-corrected chi connectivity index (χ2v) is 12.5. The van der Waals surface area contributed by atoms with Crippen LogP contribution in [0.5, 0.6) is 0 Å². The number of sulfonamides is 1. The maximum absolute atomic E-state index is 13.6. The first-order chi connectivity index (χ1) is 16.6. The van der Waals surface area contributed by atoms with Crippen LogP contribution in [0.1, 0.15) is 26.3 Å². The highest BCUT2D eigenvalue weighted by molar-refractivity contribution is 7.92. The molecule has 0 bridgehead atoms. The molecule has 2 rings (SSSR count). The van der Waals surface area contributed by atoms with E-state index >= 15 is 0 Å². The van der Waals surface area contributed by atoms with Crippen LogP contribution in [-0.4, -0.2) is 50.5 Å². The predicted molar refractivity (Wildman–Crippen MR) is 148 cm³/mol. The molecule has 1 unspecified atom stereocenters. The normalized spacial score (nSPS) is 12.4. The molecule has 0 saturated heterocycles. The van der Waals surface area contributed by atoms with Gasteiger partial charge in [-0.2, -0.15) is 0 Å². The first-order valence-electron chi connectivity index (χ1n) is 10.7. The fraction of sp³-hybridized carbons (Fsp3) is 0.391. The first kappa shape index (κ1) is 30.8. The minimum absolute atomic E-state index is 0.0126. The van der Waals surface area contributed by atoms with E-state index < -0.39 is 34.4 Å². The van der Waals surface area contributed by atoms with Crippen LogP contribution in [0.4, 0.5) is 5.69 Å². The van der Waals surface area contributed by atoms with Gasteiger partial charge in [0.05, 0.1) is 37.1 Å². The van der Waals surface area contributed by atoms with Gasteiger partial charge in [0.2, 0.25) is 21.8 Å². The molecule has 0 saturated carbocycles. The van der Waals surface area contributed by atoms with Gasteiger partial charge in [-0.25, -0.2) is 8.42 Å². The number of carbonyl (C=O) groups excluding carboxylic acids is 2. The molecule has 0 aliphatic heterocycles. The number of hydrogen-bond donors (Lipinski definition) is 1. The number of amides is 2. The highest BCUT2D eigenvalue weighted by Gasteiger charge is 2.31. The average molecular weight is 618 g/mol. The zero-order valence-electron chi connectivity index (χ0n) is 20.0. The zero-order chi connectivity index (χ0) is 27.4. The van der Waals surface area contributed by atoms with Crippen LogP contribution in [0.3, 0.4) is 0 Å². The van der Waals surface area contributed by atoms with Crippen molar-refractivity contribution in [3.63, 3.8) is 0 Å². The van der Waals surface area contributed by atoms with Crippen LogP contribution >= 0.6 is 58.0 Å². The minimum Gasteiger partial charge on any atom is -0.354 e. The van der Waals surface area contributed by atoms with Crippen molar-refractivity contribution >= 4 is 85.5 Å². The second-order valence-electron chi connectivity index (χ2n) is 8.57. The van der Waals surface area contributed by atoms with Crippen molar-refractivity contribution in [3.05, 3.63) is 61.0 Å². The predicted octanol–water partition coefficient (Wildman–Crippen LogP) is 5.91. The molecule has 0 heterocycles. The largest absolute Gasteiger partial charge is 0.354 e. The van der Waals surface area contributed by atoms with Gasteiger partial charge in [0.25, 0.3) is 0 Å². The smallest absolute Gasteiger partial charge is 0.244 e. The van der Waals surface area contributed by atoms with Gasteiger partial charge in [-0.1, -0.05) is 77.9 Å². The molecule has 0 aliphatic carbocycles. The number of benzene rings is 2. The summed E-state index contributed by atoms with van der Waals surface area (Å²) in [4.78, 5) is 27.7. The minimum atomic E-state index is -3.99. The van der Waals surface area contributed by atoms with Crippen LogP contribution in [0.15, 0.2) is 30.3 Å². The van der Waals surface area contributed by atoms with Crippen LogP contribution in [0.2, 0.25) is 25.1 Å². The third-order valence-corrected chi connectivity index (χ3v) is 8.02. The summed E-state index contributed by atoms with van der Waals surface area (Å²) >= 11 is 30.4. The van der Waals surface area contributed by atoms with Crippen molar-refractivity contribution < 1.29 is 18.0 Å². The van der Waals surface area contributed by atoms with E-state index in [0.717, 1.165) is 10.6 Å². The molecular weight excluding hydrogens is 592 g/mol. The van der Waals surface area contributed by atoms with E-state index in [0.29, 0.717) is 17.1 Å². The van der Waals surface area contributed by atoms with Crippen LogP contribution < -0.4 is 9.62 Å². The fourth-order valence-corrected chi connectivity index (χ4v) is 5.03. The summed E-state index contributed by atoms with van der Waals surface area (Å²) in [5, 5.41) is 3.58. The summed E-state index contributed by atoms with van der Waals surface area (Å²) in [6.07, 6.45) is 0.932. The standard InChI is InChI=1S/C23H26Cl5N3O4S/c1-13(2)10-29-23(33)14(3)30(11-15-5-6-16(24)17(25)7-15)22(32)12-31(36(4,34)35)21-9-19(27)18(26)8-20(21)28/h5-9,13-14H,10-12H2,1-4H3,(H,29,33). The molecular formula is C23H26Cl5N3O4S. The topological polar surface area (TPSA) is 86.8 Å². The highest BCUT2D eigenvalue weighted by Crippen LogP contribution is 2.35. The summed E-state index contributed by atoms with van der Waals surface area (Å²) < 4.78 is 26.2. The third kappa shape index (κ3) is 8.30. The van der Waals surface area contributed by atoms with Gasteiger partial charge in [-0.15, -0.1) is 0 Å². The summed E-state index contributed by atoms with van der Waals surface area (Å²) in [7, 11) is -3.99. The third-order valence-electron chi connectivity index (χ3n) is 5.13. The van der Waals surface area contributed by atoms with E-state index in [1.807, 2.05) is 13.8 Å². The molecule has 13 heteroatoms. The monoisotopic (exact) mass is 615 g/mol. The van der Waals surface area contributed by atoms with Crippen LogP contribution in [-0.2, 0) is 26.2 Å². The molecule has 0 spiro atoms. The van der Waals surface area contributed by atoms with Crippen molar-refractivity contribution in [3.8, 4) is 0 Å². The van der Waals surface area contributed by atoms with Crippen molar-refractivity contribution in [1.29, 1.82) is 0 Å². The molecule has 0 aliphatic rings. The van der Waals surface area contributed by atoms with E-state index in [-0.39, 0.29) is 38.2 Å². The van der Waals surface area contributed by atoms with Crippen molar-refractivity contribution in [1.82, 2.24) is 10.2 Å². The molecule has 198 valence electrons. The Morgan fingerprint density at radius 3 is 2.03 bits per heavy atom. The summed E-state index contributed by atoms with van der Waals surface area (Å²) in [5.74, 6) is -0.852. The van der Waals surface area contributed by atoms with Crippen LogP contribution in [0.25, 0.3) is 0 Å². The molecule has 1 N–H and O–H groups in total. The van der Waals surface area contributed by atoms with Crippen molar-refractivity contribution in [2.75, 3.05) is 23.7 Å². The van der Waals surface area contributed by atoms with Gasteiger partial charge in [-0.3, -0.25) is 13.9 Å². The number of hydrogen-bond acceptors (Lipinski definition) is 4. The first-order valence-corrected chi connectivity index (χ1v) is 14.5. The molecule has 1 atom stereocenters. The van der Waals surface area contributed by atoms with E-state index in [1.54, 1.807) is 25.1 Å². The molecule has 0 radical (unpaired) electrons. The Morgan fingerprint density at radius 1 is 0.889 bits per heavy atom. The summed E-state index contributed by atoms with van der Waals surface area (Å²) in [6, 6.07) is 6.44. The average Bonchev–Trinajstić information content (AvgIpc) is 2.77. The van der Waals surface area contributed by atoms with Crippen molar-refractivity contribution in [2.24, 2.45) is 5.92 Å². The summed E-state index contributed by atoms with van der Waals surface area (Å²) in [5.41, 5.74) is 0.577. The lowest BCUT2D eigenvalue weighted by Crippen LogP contribution is -2.51. The van der Waals surface area contributed by atoms with Gasteiger partial charge in [-0.05, 0) is 42.7 Å². The van der Waals surface area contributed by atoms with Gasteiger partial charge in [0.1, 0.15) is 12.6 Å². The number of nitrogens with one attached hydrogen (secondary N) is 1. The summed E-state index contributed by atoms with van der Waals surface area (Å²) in [6.45, 7) is 5.18. The lowest BCUT2D eigenvalue weighted by Gasteiger charge is -2.32. The zero-order valence-corrected chi connectivity index (χ0v) is 24.6. The highest BCUT2D eigenvalue weighted by atomic mass is 35.5. The van der Waals surface area contributed by atoms with Gasteiger partial charge in [0.15, 0.2) is 0 Å². The Bertz CT molecular complexity index is 1240. The maximum Gasteiger partial charge on any atom is 0.244 e. The number of nitrogens with zero attached hydrogens (tertiary/aromatic N) is 2. The maximum atomic E-state index is 13.6. The lowest BCUT2D eigenvalue weighted by molar-refractivity contribution is -0.139. The van der Waals surface area contributed by atoms with E-state index in [4.69, 9.17) is 58.0 Å². The van der Waals surface area contributed by atoms with Gasteiger partial charge >= 0.3 is 0 Å². The van der Waals surface area contributed by atoms with Gasteiger partial charge in [0, 0.05) is 13.1 Å². The molecule has 36 heavy (non-hydrogen) atoms. The Morgan fingerprint density at radius 2 is 1.47 bits per heavy atom. The number of halogens is 5. The lowest BCUT2D eigenvalue weighted by atomic mass is 10.1. The SMILES string of the molecule is CC(C)CNC(=O)C(C)N(Cc1ccc(Cl)c(Cl)c1)C(=O)CN(c1cc(Cl)c(Cl)cc1Cl)S(C)(=O)=O. The van der Waals surface area contributed by atoms with Crippen molar-refractivity contribution in [2.45, 2.75) is 33.4 Å². The van der Waals surface area contributed by atoms with E-state index in [2.05, 4.69) is 5.32 Å². The Hall–Kier alpha value is -1.42. The van der Waals surface area contributed by atoms with Gasteiger partial charge < -0.3 is 10.2 Å². The van der Waals surface area contributed by atoms with E-state index in [1.165, 1.54) is 17.0 Å². The fourth-order valence-electron chi connectivity index (χ4n) is 3.17. The second kappa shape index (κ2) is 12.9. The molecule has 2 amide bonds. The quantitative estimate of drug-likeness (QED) is 0.336. The molecule has 0 aromatic heterocycles. The number of anilines is 1. The van der Waals surface area contributed by atoms with E-state index in [9.17, 15) is 18.0 Å². The van der Waals surface area contributed by atoms with Crippen LogP contribution in [0, 0.1) is 5.92 Å². The molecule has 2 aromatic rings. The number of rotatable bonds is 10.